The second kappa shape index (κ2) is 5.48. The molecule has 0 saturated heterocycles. The van der Waals surface area contributed by atoms with Crippen molar-refractivity contribution in [2.45, 2.75) is 31.5 Å². The minimum Gasteiger partial charge on any atom is -0.388 e. The van der Waals surface area contributed by atoms with Gasteiger partial charge in [0.15, 0.2) is 5.82 Å². The third kappa shape index (κ3) is 2.91. The van der Waals surface area contributed by atoms with Crippen molar-refractivity contribution in [2.24, 2.45) is 11.8 Å². The highest BCUT2D eigenvalue weighted by molar-refractivity contribution is 6.30. The van der Waals surface area contributed by atoms with E-state index in [2.05, 4.69) is 0 Å². The molecule has 1 aromatic carbocycles. The molecule has 3 unspecified atom stereocenters. The molecule has 0 heterocycles. The van der Waals surface area contributed by atoms with E-state index in [1.807, 2.05) is 0 Å². The number of benzene rings is 1. The molecule has 1 nitrogen and oxygen atoms in total. The molecule has 112 valence electrons. The third-order valence-corrected chi connectivity index (χ3v) is 4.11. The summed E-state index contributed by atoms with van der Waals surface area (Å²) in [5, 5.41) is 9.25. The number of halogens is 6. The molecule has 20 heavy (non-hydrogen) atoms. The molecule has 1 aliphatic carbocycles. The van der Waals surface area contributed by atoms with Crippen molar-refractivity contribution in [2.75, 3.05) is 0 Å². The summed E-state index contributed by atoms with van der Waals surface area (Å²) in [6, 6.07) is 1.91. The molecule has 0 bridgehead atoms. The van der Waals surface area contributed by atoms with Crippen molar-refractivity contribution >= 4 is 11.6 Å². The van der Waals surface area contributed by atoms with Crippen molar-refractivity contribution in [3.05, 3.63) is 34.4 Å². The number of rotatable bonds is 2. The first-order valence-corrected chi connectivity index (χ1v) is 6.47. The molecular formula is C13H12ClF5O. The summed E-state index contributed by atoms with van der Waals surface area (Å²) in [4.78, 5) is 0. The summed E-state index contributed by atoms with van der Waals surface area (Å²) in [6.07, 6.45) is -5.95. The molecule has 0 aliphatic heterocycles. The Morgan fingerprint density at radius 2 is 1.85 bits per heavy atom. The highest BCUT2D eigenvalue weighted by atomic mass is 35.5. The number of hydrogen-bond donors (Lipinski definition) is 1. The maximum absolute atomic E-state index is 13.7. The smallest absolute Gasteiger partial charge is 0.388 e. The normalized spacial score (nSPS) is 24.9. The predicted molar refractivity (Wildman–Crippen MR) is 63.2 cm³/mol. The summed E-state index contributed by atoms with van der Waals surface area (Å²) >= 11 is 5.39. The van der Waals surface area contributed by atoms with E-state index in [9.17, 15) is 27.1 Å². The Bertz CT molecular complexity index is 502. The average molecular weight is 315 g/mol. The molecule has 0 aromatic heterocycles. The number of alkyl halides is 3. The quantitative estimate of drug-likeness (QED) is 0.623. The fourth-order valence-electron chi connectivity index (χ4n) is 2.62. The van der Waals surface area contributed by atoms with Crippen molar-refractivity contribution < 1.29 is 27.1 Å². The van der Waals surface area contributed by atoms with Gasteiger partial charge in [-0.15, -0.1) is 0 Å². The second-order valence-corrected chi connectivity index (χ2v) is 5.40. The van der Waals surface area contributed by atoms with Crippen molar-refractivity contribution in [3.8, 4) is 0 Å². The third-order valence-electron chi connectivity index (χ3n) is 3.77. The van der Waals surface area contributed by atoms with Gasteiger partial charge in [0, 0.05) is 5.56 Å². The van der Waals surface area contributed by atoms with Crippen LogP contribution in [0.5, 0.6) is 0 Å². The van der Waals surface area contributed by atoms with Crippen LogP contribution in [0.25, 0.3) is 0 Å². The highest BCUT2D eigenvalue weighted by Crippen LogP contribution is 2.46. The topological polar surface area (TPSA) is 20.2 Å². The van der Waals surface area contributed by atoms with Crippen molar-refractivity contribution in [1.82, 2.24) is 0 Å². The van der Waals surface area contributed by atoms with Crippen LogP contribution in [0.1, 0.15) is 30.9 Å². The van der Waals surface area contributed by atoms with Crippen LogP contribution in [-0.2, 0) is 0 Å². The van der Waals surface area contributed by atoms with Gasteiger partial charge in [-0.1, -0.05) is 17.7 Å². The summed E-state index contributed by atoms with van der Waals surface area (Å²) in [7, 11) is 0. The Morgan fingerprint density at radius 1 is 1.20 bits per heavy atom. The molecule has 0 amide bonds. The van der Waals surface area contributed by atoms with Gasteiger partial charge in [0.1, 0.15) is 10.8 Å². The van der Waals surface area contributed by atoms with Crippen LogP contribution in [0.3, 0.4) is 0 Å². The maximum Gasteiger partial charge on any atom is 0.391 e. The fourth-order valence-corrected chi connectivity index (χ4v) is 2.80. The lowest BCUT2D eigenvalue weighted by Gasteiger charge is -2.20. The standard InChI is InChI=1S/C13H12ClF5O/c14-10-9(15)4-3-8(11(10)16)12(20)6-1-2-7(5-6)13(17,18)19/h3-4,6-7,12,20H,1-2,5H2. The summed E-state index contributed by atoms with van der Waals surface area (Å²) < 4.78 is 64.5. The van der Waals surface area contributed by atoms with Crippen molar-refractivity contribution in [3.63, 3.8) is 0 Å². The van der Waals surface area contributed by atoms with Gasteiger partial charge in [-0.2, -0.15) is 13.2 Å². The van der Waals surface area contributed by atoms with Crippen LogP contribution in [0.2, 0.25) is 5.02 Å². The van der Waals surface area contributed by atoms with Crippen LogP contribution in [0, 0.1) is 23.5 Å². The molecule has 0 spiro atoms. The van der Waals surface area contributed by atoms with E-state index in [4.69, 9.17) is 11.6 Å². The lowest BCUT2D eigenvalue weighted by atomic mass is 9.93. The second-order valence-electron chi connectivity index (χ2n) is 5.02. The molecule has 1 aliphatic rings. The Kier molecular flexibility index (Phi) is 4.25. The van der Waals surface area contributed by atoms with Crippen LogP contribution in [0.4, 0.5) is 22.0 Å². The van der Waals surface area contributed by atoms with Crippen molar-refractivity contribution in [1.29, 1.82) is 0 Å². The molecule has 1 aromatic rings. The Labute approximate surface area is 117 Å². The van der Waals surface area contributed by atoms with Gasteiger partial charge in [-0.3, -0.25) is 0 Å². The van der Waals surface area contributed by atoms with Crippen LogP contribution >= 0.6 is 11.6 Å². The van der Waals surface area contributed by atoms with Gasteiger partial charge in [-0.25, -0.2) is 8.78 Å². The highest BCUT2D eigenvalue weighted by Gasteiger charge is 2.46. The van der Waals surface area contributed by atoms with E-state index in [0.29, 0.717) is 0 Å². The van der Waals surface area contributed by atoms with Crippen LogP contribution in [-0.4, -0.2) is 11.3 Å². The predicted octanol–water partition coefficient (Wildman–Crippen LogP) is 4.63. The molecular weight excluding hydrogens is 303 g/mol. The van der Waals surface area contributed by atoms with E-state index in [1.165, 1.54) is 0 Å². The fraction of sp³-hybridized carbons (Fsp3) is 0.538. The number of aliphatic hydroxyl groups excluding tert-OH is 1. The molecule has 1 N–H and O–H groups in total. The zero-order valence-electron chi connectivity index (χ0n) is 10.2. The van der Waals surface area contributed by atoms with Gasteiger partial charge < -0.3 is 5.11 Å². The van der Waals surface area contributed by atoms with E-state index in [0.717, 1.165) is 12.1 Å². The van der Waals surface area contributed by atoms with Gasteiger partial charge in [0.2, 0.25) is 0 Å². The molecule has 2 rings (SSSR count). The first kappa shape index (κ1) is 15.5. The summed E-state index contributed by atoms with van der Waals surface area (Å²) in [5.74, 6) is -4.28. The first-order valence-electron chi connectivity index (χ1n) is 6.10. The van der Waals surface area contributed by atoms with Gasteiger partial charge >= 0.3 is 6.18 Å². The lowest BCUT2D eigenvalue weighted by molar-refractivity contribution is -0.173. The Balaban J connectivity index is 2.17. The molecule has 1 fully saturated rings. The largest absolute Gasteiger partial charge is 0.391 e. The monoisotopic (exact) mass is 314 g/mol. The van der Waals surface area contributed by atoms with E-state index < -0.39 is 40.8 Å². The van der Waals surface area contributed by atoms with Gasteiger partial charge in [0.25, 0.3) is 0 Å². The number of aliphatic hydroxyl groups is 1. The van der Waals surface area contributed by atoms with Crippen LogP contribution < -0.4 is 0 Å². The Hall–Kier alpha value is -0.880. The molecule has 7 heteroatoms. The lowest BCUT2D eigenvalue weighted by Crippen LogP contribution is -2.21. The summed E-state index contributed by atoms with van der Waals surface area (Å²) in [5.41, 5.74) is -0.260. The van der Waals surface area contributed by atoms with Gasteiger partial charge in [0.05, 0.1) is 12.0 Å². The zero-order valence-corrected chi connectivity index (χ0v) is 11.0. The SMILES string of the molecule is OC(c1ccc(F)c(Cl)c1F)C1CCC(C(F)(F)F)C1. The molecule has 3 atom stereocenters. The van der Waals surface area contributed by atoms with E-state index in [-0.39, 0.29) is 24.8 Å². The van der Waals surface area contributed by atoms with Crippen LogP contribution in [0.15, 0.2) is 12.1 Å². The van der Waals surface area contributed by atoms with E-state index in [1.54, 1.807) is 0 Å². The minimum atomic E-state index is -4.31. The Morgan fingerprint density at radius 3 is 2.40 bits per heavy atom. The van der Waals surface area contributed by atoms with E-state index >= 15 is 0 Å². The molecule has 0 radical (unpaired) electrons. The van der Waals surface area contributed by atoms with Gasteiger partial charge in [-0.05, 0) is 31.2 Å². The minimum absolute atomic E-state index is 0.0955. The number of hydrogen-bond acceptors (Lipinski definition) is 1. The maximum atomic E-state index is 13.7. The summed E-state index contributed by atoms with van der Waals surface area (Å²) in [6.45, 7) is 0. The molecule has 1 saturated carbocycles. The first-order chi connectivity index (χ1) is 9.21. The zero-order chi connectivity index (χ0) is 15.1. The average Bonchev–Trinajstić information content (AvgIpc) is 2.85.